The SMILES string of the molecule is CCOC(=O)C1(c2ccc(-c3ccc(-c4onc(C)c4Cc4cccc(C(=O)N5CCCC5)n4)cc3)cc2)CC1. The van der Waals surface area contributed by atoms with E-state index in [1.54, 1.807) is 6.07 Å². The number of nitrogens with zero attached hydrogens (tertiary/aromatic N) is 3. The van der Waals surface area contributed by atoms with Crippen molar-refractivity contribution < 1.29 is 18.8 Å². The summed E-state index contributed by atoms with van der Waals surface area (Å²) in [5, 5.41) is 4.24. The minimum atomic E-state index is -0.464. The third kappa shape index (κ3) is 4.92. The molecule has 7 nitrogen and oxygen atoms in total. The number of ether oxygens (including phenoxy) is 1. The molecule has 1 saturated carbocycles. The first-order chi connectivity index (χ1) is 19.5. The van der Waals surface area contributed by atoms with Crippen LogP contribution in [0.4, 0.5) is 0 Å². The first kappa shape index (κ1) is 26.0. The van der Waals surface area contributed by atoms with Crippen molar-refractivity contribution in [2.24, 2.45) is 0 Å². The number of aryl methyl sites for hydroxylation is 1. The van der Waals surface area contributed by atoms with Gasteiger partial charge >= 0.3 is 5.97 Å². The Balaban J connectivity index is 1.19. The van der Waals surface area contributed by atoms with Crippen molar-refractivity contribution in [3.8, 4) is 22.5 Å². The molecule has 204 valence electrons. The van der Waals surface area contributed by atoms with E-state index in [-0.39, 0.29) is 11.9 Å². The lowest BCUT2D eigenvalue weighted by Gasteiger charge is -2.15. The number of aromatic nitrogens is 2. The van der Waals surface area contributed by atoms with E-state index in [1.165, 1.54) is 0 Å². The predicted molar refractivity (Wildman–Crippen MR) is 152 cm³/mol. The van der Waals surface area contributed by atoms with Crippen LogP contribution < -0.4 is 0 Å². The summed E-state index contributed by atoms with van der Waals surface area (Å²) in [6.45, 7) is 5.78. The lowest BCUT2D eigenvalue weighted by molar-refractivity contribution is -0.146. The van der Waals surface area contributed by atoms with Gasteiger partial charge in [-0.15, -0.1) is 0 Å². The summed E-state index contributed by atoms with van der Waals surface area (Å²) in [4.78, 5) is 31.8. The molecule has 1 aliphatic heterocycles. The number of carbonyl (C=O) groups is 2. The van der Waals surface area contributed by atoms with Crippen LogP contribution in [-0.2, 0) is 21.4 Å². The molecule has 4 aromatic rings. The van der Waals surface area contributed by atoms with Crippen molar-refractivity contribution in [1.82, 2.24) is 15.0 Å². The number of pyridine rings is 1. The highest BCUT2D eigenvalue weighted by atomic mass is 16.5. The van der Waals surface area contributed by atoms with Crippen molar-refractivity contribution in [3.63, 3.8) is 0 Å². The summed E-state index contributed by atoms with van der Waals surface area (Å²) in [7, 11) is 0. The summed E-state index contributed by atoms with van der Waals surface area (Å²) < 4.78 is 11.1. The van der Waals surface area contributed by atoms with Gasteiger partial charge in [0.05, 0.1) is 17.7 Å². The number of amides is 1. The molecule has 7 heteroatoms. The molecule has 6 rings (SSSR count). The quantitative estimate of drug-likeness (QED) is 0.252. The Labute approximate surface area is 234 Å². The lowest BCUT2D eigenvalue weighted by atomic mass is 9.93. The number of hydrogen-bond donors (Lipinski definition) is 0. The van der Waals surface area contributed by atoms with Gasteiger partial charge < -0.3 is 14.2 Å². The van der Waals surface area contributed by atoms with E-state index >= 15 is 0 Å². The number of carbonyl (C=O) groups excluding carboxylic acids is 2. The van der Waals surface area contributed by atoms with Crippen LogP contribution in [0.15, 0.2) is 71.3 Å². The van der Waals surface area contributed by atoms with Crippen LogP contribution in [0.3, 0.4) is 0 Å². The Morgan fingerprint density at radius 1 is 0.925 bits per heavy atom. The molecule has 0 bridgehead atoms. The van der Waals surface area contributed by atoms with E-state index in [1.807, 2.05) is 55.1 Å². The molecule has 2 aromatic heterocycles. The van der Waals surface area contributed by atoms with Gasteiger partial charge in [-0.1, -0.05) is 59.8 Å². The molecule has 0 N–H and O–H groups in total. The number of hydrogen-bond acceptors (Lipinski definition) is 6. The molecular formula is C33H33N3O4. The van der Waals surface area contributed by atoms with Gasteiger partial charge in [0.1, 0.15) is 5.69 Å². The third-order valence-electron chi connectivity index (χ3n) is 8.10. The van der Waals surface area contributed by atoms with E-state index in [2.05, 4.69) is 34.4 Å². The molecule has 1 saturated heterocycles. The lowest BCUT2D eigenvalue weighted by Crippen LogP contribution is -2.28. The Hall–Kier alpha value is -4.26. The molecule has 2 fully saturated rings. The van der Waals surface area contributed by atoms with E-state index in [0.29, 0.717) is 24.5 Å². The molecule has 1 amide bonds. The van der Waals surface area contributed by atoms with Crippen molar-refractivity contribution in [1.29, 1.82) is 0 Å². The van der Waals surface area contributed by atoms with Gasteiger partial charge in [-0.25, -0.2) is 4.98 Å². The Kier molecular flexibility index (Phi) is 6.96. The van der Waals surface area contributed by atoms with Gasteiger partial charge in [0, 0.05) is 36.3 Å². The molecule has 40 heavy (non-hydrogen) atoms. The van der Waals surface area contributed by atoms with Crippen molar-refractivity contribution in [2.75, 3.05) is 19.7 Å². The van der Waals surface area contributed by atoms with Gasteiger partial charge in [-0.2, -0.15) is 0 Å². The van der Waals surface area contributed by atoms with E-state index in [4.69, 9.17) is 9.26 Å². The summed E-state index contributed by atoms with van der Waals surface area (Å²) in [6.07, 6.45) is 4.31. The fourth-order valence-corrected chi connectivity index (χ4v) is 5.58. The van der Waals surface area contributed by atoms with Crippen molar-refractivity contribution in [2.45, 2.75) is 51.4 Å². The number of esters is 1. The Morgan fingerprint density at radius 3 is 2.23 bits per heavy atom. The van der Waals surface area contributed by atoms with Crippen LogP contribution in [0.5, 0.6) is 0 Å². The van der Waals surface area contributed by atoms with Gasteiger partial charge in [0.25, 0.3) is 5.91 Å². The van der Waals surface area contributed by atoms with Crippen molar-refractivity contribution in [3.05, 3.63) is 94.9 Å². The zero-order chi connectivity index (χ0) is 27.7. The van der Waals surface area contributed by atoms with Crippen molar-refractivity contribution >= 4 is 11.9 Å². The monoisotopic (exact) mass is 535 g/mol. The number of rotatable bonds is 8. The zero-order valence-electron chi connectivity index (χ0n) is 23.0. The standard InChI is InChI=1S/C33H33N3O4/c1-3-39-32(38)33(17-18-33)26-15-13-24(14-16-26)23-9-11-25(12-10-23)30-28(22(2)35-40-30)21-27-7-6-8-29(34-27)31(37)36-19-4-5-20-36/h6-16H,3-5,17-21H2,1-2H3. The number of benzene rings is 2. The van der Waals surface area contributed by atoms with Gasteiger partial charge in [-0.3, -0.25) is 9.59 Å². The molecule has 1 aliphatic carbocycles. The molecule has 0 unspecified atom stereocenters. The van der Waals surface area contributed by atoms with E-state index in [0.717, 1.165) is 78.0 Å². The molecule has 3 heterocycles. The van der Waals surface area contributed by atoms with Gasteiger partial charge in [0.2, 0.25) is 0 Å². The summed E-state index contributed by atoms with van der Waals surface area (Å²) in [5.74, 6) is 0.589. The average Bonchev–Trinajstić information content (AvgIpc) is 3.46. The van der Waals surface area contributed by atoms with Crippen LogP contribution in [0.25, 0.3) is 22.5 Å². The Bertz CT molecular complexity index is 1530. The second kappa shape index (κ2) is 10.7. The smallest absolute Gasteiger partial charge is 0.316 e. The largest absolute Gasteiger partial charge is 0.465 e. The molecule has 2 aromatic carbocycles. The molecule has 0 radical (unpaired) electrons. The maximum absolute atomic E-state index is 12.8. The fraction of sp³-hybridized carbons (Fsp3) is 0.333. The van der Waals surface area contributed by atoms with Crippen LogP contribution in [-0.4, -0.2) is 46.6 Å². The maximum Gasteiger partial charge on any atom is 0.316 e. The molecular weight excluding hydrogens is 502 g/mol. The van der Waals surface area contributed by atoms with Crippen LogP contribution in [0.2, 0.25) is 0 Å². The normalized spacial score (nSPS) is 15.7. The predicted octanol–water partition coefficient (Wildman–Crippen LogP) is 6.13. The van der Waals surface area contributed by atoms with E-state index < -0.39 is 5.41 Å². The van der Waals surface area contributed by atoms with Gasteiger partial charge in [-0.05, 0) is 68.4 Å². The highest BCUT2D eigenvalue weighted by Gasteiger charge is 2.52. The second-order valence-corrected chi connectivity index (χ2v) is 10.7. The summed E-state index contributed by atoms with van der Waals surface area (Å²) in [5.41, 5.74) is 6.71. The first-order valence-electron chi connectivity index (χ1n) is 14.1. The Morgan fingerprint density at radius 2 is 1.57 bits per heavy atom. The molecule has 0 atom stereocenters. The van der Waals surface area contributed by atoms with Crippen LogP contribution in [0.1, 0.15) is 65.6 Å². The molecule has 2 aliphatic rings. The molecule has 0 spiro atoms. The first-order valence-corrected chi connectivity index (χ1v) is 14.1. The minimum absolute atomic E-state index is 0.00146. The average molecular weight is 536 g/mol. The number of likely N-dealkylation sites (tertiary alicyclic amines) is 1. The minimum Gasteiger partial charge on any atom is -0.465 e. The highest BCUT2D eigenvalue weighted by Crippen LogP contribution is 2.49. The summed E-state index contributed by atoms with van der Waals surface area (Å²) in [6, 6.07) is 22.0. The maximum atomic E-state index is 12.8. The van der Waals surface area contributed by atoms with Gasteiger partial charge in [0.15, 0.2) is 5.76 Å². The highest BCUT2D eigenvalue weighted by molar-refractivity contribution is 5.92. The van der Waals surface area contributed by atoms with Crippen LogP contribution in [0, 0.1) is 6.92 Å². The fourth-order valence-electron chi connectivity index (χ4n) is 5.58. The third-order valence-corrected chi connectivity index (χ3v) is 8.10. The topological polar surface area (TPSA) is 85.5 Å². The second-order valence-electron chi connectivity index (χ2n) is 10.7. The van der Waals surface area contributed by atoms with Crippen LogP contribution >= 0.6 is 0 Å². The zero-order valence-corrected chi connectivity index (χ0v) is 23.0. The summed E-state index contributed by atoms with van der Waals surface area (Å²) >= 11 is 0. The van der Waals surface area contributed by atoms with E-state index in [9.17, 15) is 9.59 Å².